The van der Waals surface area contributed by atoms with Crippen LogP contribution in [0, 0.1) is 13.8 Å². The standard InChI is InChI=1S/C17H25NO/c1-13-9-14(2)11-15(10-13)18-12-16-5-8-17(19-16)6-3-4-7-17/h9-11,16,18H,3-8,12H2,1-2H3. The molecule has 2 aliphatic rings. The van der Waals surface area contributed by atoms with E-state index < -0.39 is 0 Å². The van der Waals surface area contributed by atoms with E-state index in [1.165, 1.54) is 55.3 Å². The maximum absolute atomic E-state index is 6.33. The summed E-state index contributed by atoms with van der Waals surface area (Å²) in [6, 6.07) is 6.64. The lowest BCUT2D eigenvalue weighted by Crippen LogP contribution is -2.27. The summed E-state index contributed by atoms with van der Waals surface area (Å²) < 4.78 is 6.33. The van der Waals surface area contributed by atoms with Crippen LogP contribution in [0.2, 0.25) is 0 Å². The van der Waals surface area contributed by atoms with Gasteiger partial charge in [-0.1, -0.05) is 18.9 Å². The lowest BCUT2D eigenvalue weighted by atomic mass is 9.98. The summed E-state index contributed by atoms with van der Waals surface area (Å²) in [5, 5.41) is 3.55. The Morgan fingerprint density at radius 3 is 2.47 bits per heavy atom. The van der Waals surface area contributed by atoms with E-state index in [9.17, 15) is 0 Å². The number of anilines is 1. The van der Waals surface area contributed by atoms with Gasteiger partial charge in [0.1, 0.15) is 0 Å². The van der Waals surface area contributed by atoms with Gasteiger partial charge in [-0.05, 0) is 62.8 Å². The van der Waals surface area contributed by atoms with Gasteiger partial charge in [-0.15, -0.1) is 0 Å². The molecule has 1 unspecified atom stereocenters. The van der Waals surface area contributed by atoms with Crippen molar-refractivity contribution in [3.8, 4) is 0 Å². The van der Waals surface area contributed by atoms with Crippen LogP contribution in [0.3, 0.4) is 0 Å². The summed E-state index contributed by atoms with van der Waals surface area (Å²) in [5.74, 6) is 0. The van der Waals surface area contributed by atoms with E-state index in [-0.39, 0.29) is 5.60 Å². The van der Waals surface area contributed by atoms with Crippen molar-refractivity contribution < 1.29 is 4.74 Å². The van der Waals surface area contributed by atoms with Crippen molar-refractivity contribution in [1.29, 1.82) is 0 Å². The SMILES string of the molecule is Cc1cc(C)cc(NCC2CCC3(CCCC3)O2)c1. The Bertz CT molecular complexity index is 428. The molecule has 2 nitrogen and oxygen atoms in total. The van der Waals surface area contributed by atoms with E-state index in [2.05, 4.69) is 37.4 Å². The molecule has 1 aliphatic carbocycles. The second-order valence-corrected chi connectivity index (χ2v) is 6.43. The fourth-order valence-electron chi connectivity index (χ4n) is 3.73. The summed E-state index contributed by atoms with van der Waals surface area (Å²) in [7, 11) is 0. The maximum Gasteiger partial charge on any atom is 0.0756 e. The van der Waals surface area contributed by atoms with E-state index in [1.807, 2.05) is 0 Å². The van der Waals surface area contributed by atoms with Crippen LogP contribution in [-0.4, -0.2) is 18.2 Å². The first-order chi connectivity index (χ1) is 9.15. The number of hydrogen-bond acceptors (Lipinski definition) is 2. The molecule has 1 saturated carbocycles. The van der Waals surface area contributed by atoms with Crippen LogP contribution in [-0.2, 0) is 4.74 Å². The average Bonchev–Trinajstić information content (AvgIpc) is 2.97. The number of aryl methyl sites for hydroxylation is 2. The van der Waals surface area contributed by atoms with Crippen LogP contribution in [0.4, 0.5) is 5.69 Å². The van der Waals surface area contributed by atoms with Crippen molar-refractivity contribution in [2.75, 3.05) is 11.9 Å². The van der Waals surface area contributed by atoms with E-state index in [0.29, 0.717) is 6.10 Å². The Morgan fingerprint density at radius 2 is 1.79 bits per heavy atom. The minimum atomic E-state index is 0.259. The Balaban J connectivity index is 1.55. The zero-order valence-electron chi connectivity index (χ0n) is 12.2. The van der Waals surface area contributed by atoms with E-state index in [0.717, 1.165) is 6.54 Å². The maximum atomic E-state index is 6.33. The van der Waals surface area contributed by atoms with Crippen molar-refractivity contribution in [1.82, 2.24) is 0 Å². The first-order valence-corrected chi connectivity index (χ1v) is 7.65. The molecule has 104 valence electrons. The minimum absolute atomic E-state index is 0.259. The van der Waals surface area contributed by atoms with E-state index in [1.54, 1.807) is 0 Å². The molecule has 2 heteroatoms. The molecule has 0 amide bonds. The topological polar surface area (TPSA) is 21.3 Å². The Hall–Kier alpha value is -1.02. The predicted molar refractivity (Wildman–Crippen MR) is 79.7 cm³/mol. The lowest BCUT2D eigenvalue weighted by molar-refractivity contribution is -0.0307. The highest BCUT2D eigenvalue weighted by atomic mass is 16.5. The number of benzene rings is 1. The lowest BCUT2D eigenvalue weighted by Gasteiger charge is -2.24. The molecule has 1 saturated heterocycles. The van der Waals surface area contributed by atoms with Crippen molar-refractivity contribution in [2.45, 2.75) is 64.1 Å². The van der Waals surface area contributed by atoms with Gasteiger partial charge in [0, 0.05) is 12.2 Å². The third-order valence-corrected chi connectivity index (χ3v) is 4.61. The van der Waals surface area contributed by atoms with Crippen molar-refractivity contribution in [3.63, 3.8) is 0 Å². The summed E-state index contributed by atoms with van der Waals surface area (Å²) >= 11 is 0. The Labute approximate surface area is 116 Å². The molecule has 0 radical (unpaired) electrons. The molecule has 1 heterocycles. The minimum Gasteiger partial charge on any atom is -0.382 e. The molecule has 2 fully saturated rings. The first kappa shape index (κ1) is 13.0. The molecule has 1 aliphatic heterocycles. The summed E-state index contributed by atoms with van der Waals surface area (Å²) in [5.41, 5.74) is 4.13. The number of ether oxygens (including phenoxy) is 1. The molecule has 1 atom stereocenters. The molecule has 1 aromatic carbocycles. The van der Waals surface area contributed by atoms with Crippen LogP contribution in [0.1, 0.15) is 49.7 Å². The zero-order valence-corrected chi connectivity index (χ0v) is 12.2. The Morgan fingerprint density at radius 1 is 1.11 bits per heavy atom. The molecule has 1 N–H and O–H groups in total. The van der Waals surface area contributed by atoms with Crippen molar-refractivity contribution in [3.05, 3.63) is 29.3 Å². The van der Waals surface area contributed by atoms with Crippen LogP contribution < -0.4 is 5.32 Å². The molecule has 0 bridgehead atoms. The smallest absolute Gasteiger partial charge is 0.0756 e. The van der Waals surface area contributed by atoms with E-state index in [4.69, 9.17) is 4.74 Å². The van der Waals surface area contributed by atoms with Crippen LogP contribution >= 0.6 is 0 Å². The summed E-state index contributed by atoms with van der Waals surface area (Å²) in [6.07, 6.45) is 8.18. The average molecular weight is 259 g/mol. The second kappa shape index (κ2) is 5.16. The van der Waals surface area contributed by atoms with Gasteiger partial charge < -0.3 is 10.1 Å². The quantitative estimate of drug-likeness (QED) is 0.878. The summed E-state index contributed by atoms with van der Waals surface area (Å²) in [4.78, 5) is 0. The third-order valence-electron chi connectivity index (χ3n) is 4.61. The van der Waals surface area contributed by atoms with Gasteiger partial charge in [0.25, 0.3) is 0 Å². The van der Waals surface area contributed by atoms with Crippen LogP contribution in [0.25, 0.3) is 0 Å². The van der Waals surface area contributed by atoms with Crippen molar-refractivity contribution >= 4 is 5.69 Å². The summed E-state index contributed by atoms with van der Waals surface area (Å²) in [6.45, 7) is 5.25. The molecule has 3 rings (SSSR count). The third kappa shape index (κ3) is 2.94. The monoisotopic (exact) mass is 259 g/mol. The molecular weight excluding hydrogens is 234 g/mol. The number of nitrogens with one attached hydrogen (secondary N) is 1. The second-order valence-electron chi connectivity index (χ2n) is 6.43. The fraction of sp³-hybridized carbons (Fsp3) is 0.647. The van der Waals surface area contributed by atoms with Gasteiger partial charge in [-0.2, -0.15) is 0 Å². The highest BCUT2D eigenvalue weighted by Gasteiger charge is 2.41. The normalized spacial score (nSPS) is 25.1. The molecule has 1 aromatic rings. The molecular formula is C17H25NO. The predicted octanol–water partition coefficient (Wildman–Crippen LogP) is 4.21. The van der Waals surface area contributed by atoms with Gasteiger partial charge in [-0.25, -0.2) is 0 Å². The van der Waals surface area contributed by atoms with Gasteiger partial charge in [-0.3, -0.25) is 0 Å². The number of hydrogen-bond donors (Lipinski definition) is 1. The van der Waals surface area contributed by atoms with Gasteiger partial charge >= 0.3 is 0 Å². The van der Waals surface area contributed by atoms with Gasteiger partial charge in [0.15, 0.2) is 0 Å². The van der Waals surface area contributed by atoms with Gasteiger partial charge in [0.2, 0.25) is 0 Å². The van der Waals surface area contributed by atoms with Crippen LogP contribution in [0.5, 0.6) is 0 Å². The highest BCUT2D eigenvalue weighted by Crippen LogP contribution is 2.43. The fourth-order valence-corrected chi connectivity index (χ4v) is 3.73. The zero-order chi connectivity index (χ0) is 13.3. The van der Waals surface area contributed by atoms with Crippen molar-refractivity contribution in [2.24, 2.45) is 0 Å². The highest BCUT2D eigenvalue weighted by molar-refractivity contribution is 5.48. The molecule has 1 spiro atoms. The number of rotatable bonds is 3. The first-order valence-electron chi connectivity index (χ1n) is 7.65. The largest absolute Gasteiger partial charge is 0.382 e. The Kier molecular flexibility index (Phi) is 3.53. The van der Waals surface area contributed by atoms with Crippen LogP contribution in [0.15, 0.2) is 18.2 Å². The molecule has 19 heavy (non-hydrogen) atoms. The molecule has 0 aromatic heterocycles. The van der Waals surface area contributed by atoms with E-state index >= 15 is 0 Å². The van der Waals surface area contributed by atoms with Gasteiger partial charge in [0.05, 0.1) is 11.7 Å².